The molecule has 134 valence electrons. The van der Waals surface area contributed by atoms with Crippen LogP contribution in [0.15, 0.2) is 0 Å². The van der Waals surface area contributed by atoms with Crippen LogP contribution < -0.4 is 0 Å². The van der Waals surface area contributed by atoms with Crippen molar-refractivity contribution in [2.75, 3.05) is 0 Å². The highest BCUT2D eigenvalue weighted by molar-refractivity contribution is 7.37. The van der Waals surface area contributed by atoms with E-state index in [0.29, 0.717) is 0 Å². The maximum atomic E-state index is 12.7. The summed E-state index contributed by atoms with van der Waals surface area (Å²) in [6.45, 7) is 26.2. The van der Waals surface area contributed by atoms with Gasteiger partial charge in [0.1, 0.15) is 0 Å². The smallest absolute Gasteiger partial charge is 0.299 e. The molecule has 0 rings (SSSR count). The van der Waals surface area contributed by atoms with Crippen LogP contribution in [0.5, 0.6) is 0 Å². The Morgan fingerprint density at radius 2 is 0.727 bits per heavy atom. The van der Waals surface area contributed by atoms with Gasteiger partial charge in [0.15, 0.2) is 18.1 Å². The third-order valence-corrected chi connectivity index (χ3v) is 13.3. The fourth-order valence-corrected chi connectivity index (χ4v) is 16.6. The highest BCUT2D eigenvalue weighted by Gasteiger charge is 2.43. The van der Waals surface area contributed by atoms with Crippen LogP contribution in [0.25, 0.3) is 0 Å². The van der Waals surface area contributed by atoms with E-state index in [2.05, 4.69) is 83.1 Å². The molecule has 0 aromatic heterocycles. The molecule has 0 aliphatic rings. The summed E-state index contributed by atoms with van der Waals surface area (Å²) in [6.07, 6.45) is 0. The van der Waals surface area contributed by atoms with Crippen LogP contribution in [-0.4, -0.2) is 18.1 Å². The van der Waals surface area contributed by atoms with Crippen LogP contribution in [0.1, 0.15) is 83.1 Å². The first kappa shape index (κ1) is 22.6. The average molecular weight is 367 g/mol. The lowest BCUT2D eigenvalue weighted by Crippen LogP contribution is -2.39. The summed E-state index contributed by atoms with van der Waals surface area (Å²) in [5.41, 5.74) is 0. The molecule has 22 heavy (non-hydrogen) atoms. The van der Waals surface area contributed by atoms with Crippen molar-refractivity contribution in [2.24, 2.45) is 0 Å². The Hall–Kier alpha value is 0.584. The lowest BCUT2D eigenvalue weighted by atomic mass is 10.2. The fraction of sp³-hybridized carbons (Fsp3) is 1.00. The summed E-state index contributed by atoms with van der Waals surface area (Å²) >= 11 is 0. The van der Waals surface area contributed by atoms with Crippen molar-refractivity contribution in [1.29, 1.82) is 0 Å². The highest BCUT2D eigenvalue weighted by Crippen LogP contribution is 2.50. The Bertz CT molecular complexity index is 320. The molecule has 0 N–H and O–H groups in total. The van der Waals surface area contributed by atoms with Gasteiger partial charge in [-0.1, -0.05) is 83.1 Å². The molecular weight excluding hydrogens is 327 g/mol. The largest absolute Gasteiger partial charge is 0.356 e. The maximum Gasteiger partial charge on any atom is 0.299 e. The van der Waals surface area contributed by atoms with Gasteiger partial charge in [-0.25, -0.2) is 0 Å². The number of hydrogen-bond acceptors (Lipinski definition) is 3. The van der Waals surface area contributed by atoms with Crippen LogP contribution >= 0.6 is 8.25 Å². The summed E-state index contributed by atoms with van der Waals surface area (Å²) in [7, 11) is -5.85. The third-order valence-electron chi connectivity index (χ3n) is 3.57. The van der Waals surface area contributed by atoms with Gasteiger partial charge in [0, 0.05) is 0 Å². The summed E-state index contributed by atoms with van der Waals surface area (Å²) in [5, 5.41) is 0.232. The molecule has 0 aliphatic heterocycles. The Kier molecular flexibility index (Phi) is 7.41. The predicted molar refractivity (Wildman–Crippen MR) is 104 cm³/mol. The van der Waals surface area contributed by atoms with Crippen molar-refractivity contribution < 1.29 is 13.0 Å². The number of rotatable bonds is 4. The van der Waals surface area contributed by atoms with E-state index in [-0.39, 0.29) is 20.2 Å². The molecule has 0 radical (unpaired) electrons. The van der Waals surface area contributed by atoms with Gasteiger partial charge in [-0.3, -0.25) is 4.57 Å². The first-order chi connectivity index (χ1) is 9.37. The third kappa shape index (κ3) is 7.44. The van der Waals surface area contributed by atoms with Gasteiger partial charge in [0.05, 0.1) is 0 Å². The van der Waals surface area contributed by atoms with E-state index < -0.39 is 26.3 Å². The zero-order valence-electron chi connectivity index (χ0n) is 16.9. The van der Waals surface area contributed by atoms with E-state index in [4.69, 9.17) is 8.43 Å². The van der Waals surface area contributed by atoms with Crippen molar-refractivity contribution in [1.82, 2.24) is 0 Å². The van der Waals surface area contributed by atoms with Crippen LogP contribution in [0.2, 0.25) is 20.2 Å². The second-order valence-corrected chi connectivity index (χ2v) is 21.5. The van der Waals surface area contributed by atoms with Crippen molar-refractivity contribution in [3.8, 4) is 0 Å². The molecule has 0 aromatic rings. The van der Waals surface area contributed by atoms with Gasteiger partial charge in [0.2, 0.25) is 0 Å². The van der Waals surface area contributed by atoms with E-state index in [1.165, 1.54) is 0 Å². The number of hydrogen-bond donors (Lipinski definition) is 0. The zero-order chi connectivity index (χ0) is 18.1. The van der Waals surface area contributed by atoms with Gasteiger partial charge < -0.3 is 8.43 Å². The second kappa shape index (κ2) is 7.22. The van der Waals surface area contributed by atoms with E-state index in [9.17, 15) is 4.57 Å². The quantitative estimate of drug-likeness (QED) is 0.448. The van der Waals surface area contributed by atoms with E-state index in [0.717, 1.165) is 0 Å². The molecular formula is C16H39O3PSi2. The minimum absolute atomic E-state index is 0.0580. The van der Waals surface area contributed by atoms with E-state index >= 15 is 0 Å². The zero-order valence-corrected chi connectivity index (χ0v) is 20.2. The first-order valence-corrected chi connectivity index (χ1v) is 12.7. The Labute approximate surface area is 143 Å². The topological polar surface area (TPSA) is 35.5 Å². The molecule has 0 fully saturated rings. The van der Waals surface area contributed by atoms with Crippen LogP contribution in [0.4, 0.5) is 0 Å². The average Bonchev–Trinajstić information content (AvgIpc) is 2.15. The van der Waals surface area contributed by atoms with Crippen molar-refractivity contribution in [2.45, 2.75) is 103 Å². The Balaban J connectivity index is 5.20. The first-order valence-electron chi connectivity index (χ1n) is 8.24. The predicted octanol–water partition coefficient (Wildman–Crippen LogP) is 6.06. The molecule has 3 nitrogen and oxygen atoms in total. The van der Waals surface area contributed by atoms with E-state index in [1.54, 1.807) is 0 Å². The normalized spacial score (nSPS) is 15.2. The summed E-state index contributed by atoms with van der Waals surface area (Å²) in [6, 6.07) is 0. The second-order valence-electron chi connectivity index (χ2n) is 10.7. The minimum Gasteiger partial charge on any atom is -0.356 e. The van der Waals surface area contributed by atoms with Crippen LogP contribution in [0.3, 0.4) is 0 Å². The summed E-state index contributed by atoms with van der Waals surface area (Å²) < 4.78 is 24.9. The minimum atomic E-state index is -2.44. The fourth-order valence-electron chi connectivity index (χ4n) is 3.53. The molecule has 0 heterocycles. The standard InChI is InChI=1S/C16H39O3PSi2/c1-13(2,3)21(14(4,5)6)18-20(17)19-22(15(7,8)9)16(10,11)12/h20-22H,1-12H3. The van der Waals surface area contributed by atoms with Gasteiger partial charge in [-0.15, -0.1) is 0 Å². The Morgan fingerprint density at radius 3 is 0.864 bits per heavy atom. The van der Waals surface area contributed by atoms with E-state index in [1.807, 2.05) is 0 Å². The van der Waals surface area contributed by atoms with Gasteiger partial charge in [0.25, 0.3) is 8.25 Å². The van der Waals surface area contributed by atoms with Gasteiger partial charge in [-0.05, 0) is 20.2 Å². The van der Waals surface area contributed by atoms with Crippen molar-refractivity contribution >= 4 is 26.3 Å². The molecule has 0 saturated carbocycles. The SMILES string of the molecule is CC(C)(C)[SiH](O[PH](=O)O[SiH](C(C)(C)C)C(C)(C)C)C(C)(C)C. The lowest BCUT2D eigenvalue weighted by Gasteiger charge is -2.41. The van der Waals surface area contributed by atoms with Crippen LogP contribution in [0, 0.1) is 0 Å². The maximum absolute atomic E-state index is 12.7. The van der Waals surface area contributed by atoms with Crippen molar-refractivity contribution in [3.05, 3.63) is 0 Å². The highest BCUT2D eigenvalue weighted by atomic mass is 31.1. The molecule has 0 aliphatic carbocycles. The Morgan fingerprint density at radius 1 is 0.545 bits per heavy atom. The van der Waals surface area contributed by atoms with Gasteiger partial charge >= 0.3 is 0 Å². The molecule has 0 unspecified atom stereocenters. The lowest BCUT2D eigenvalue weighted by molar-refractivity contribution is 0.371. The van der Waals surface area contributed by atoms with Crippen LogP contribution in [-0.2, 0) is 13.0 Å². The molecule has 0 atom stereocenters. The monoisotopic (exact) mass is 366 g/mol. The van der Waals surface area contributed by atoms with Gasteiger partial charge in [-0.2, -0.15) is 0 Å². The summed E-state index contributed by atoms with van der Waals surface area (Å²) in [5.74, 6) is 0. The summed E-state index contributed by atoms with van der Waals surface area (Å²) in [4.78, 5) is 0. The molecule has 0 saturated heterocycles. The van der Waals surface area contributed by atoms with Crippen molar-refractivity contribution in [3.63, 3.8) is 0 Å². The molecule has 6 heteroatoms. The molecule has 0 amide bonds. The molecule has 0 aromatic carbocycles. The molecule has 0 spiro atoms. The molecule has 0 bridgehead atoms.